The molecule has 3 nitrogen and oxygen atoms in total. The van der Waals surface area contributed by atoms with Gasteiger partial charge in [-0.1, -0.05) is 5.92 Å². The molecule has 0 saturated heterocycles. The van der Waals surface area contributed by atoms with Gasteiger partial charge in [-0.15, -0.1) is 6.42 Å². The number of aliphatic imine (C=N–C) groups is 1. The Hall–Kier alpha value is -2.08. The highest BCUT2D eigenvalue weighted by Crippen LogP contribution is 2.20. The Morgan fingerprint density at radius 2 is 2.23 bits per heavy atom. The van der Waals surface area contributed by atoms with Gasteiger partial charge in [0.05, 0.1) is 11.3 Å². The van der Waals surface area contributed by atoms with Crippen molar-refractivity contribution in [1.82, 2.24) is 5.32 Å². The zero-order chi connectivity index (χ0) is 9.26. The minimum Gasteiger partial charge on any atom is -0.267 e. The molecule has 1 aromatic rings. The van der Waals surface area contributed by atoms with Crippen molar-refractivity contribution in [2.45, 2.75) is 0 Å². The highest BCUT2D eigenvalue weighted by molar-refractivity contribution is 6.06. The smallest absolute Gasteiger partial charge is 0.267 e. The van der Waals surface area contributed by atoms with E-state index in [1.165, 1.54) is 6.34 Å². The van der Waals surface area contributed by atoms with Gasteiger partial charge in [0.15, 0.2) is 0 Å². The van der Waals surface area contributed by atoms with Gasteiger partial charge in [-0.25, -0.2) is 5.32 Å². The summed E-state index contributed by atoms with van der Waals surface area (Å²) in [5.41, 5.74) is 1.76. The molecule has 0 atom stereocenters. The van der Waals surface area contributed by atoms with E-state index in [0.717, 1.165) is 0 Å². The molecule has 3 heteroatoms. The van der Waals surface area contributed by atoms with Crippen LogP contribution < -0.4 is 5.32 Å². The SMILES string of the molecule is C#Cc1ccc2c(c1)C(=O)N=C[N]2. The van der Waals surface area contributed by atoms with Crippen LogP contribution in [0.15, 0.2) is 23.2 Å². The largest absolute Gasteiger partial charge is 0.280 e. The molecule has 0 unspecified atom stereocenters. The van der Waals surface area contributed by atoms with E-state index >= 15 is 0 Å². The average Bonchev–Trinajstić information content (AvgIpc) is 2.18. The van der Waals surface area contributed by atoms with Gasteiger partial charge in [0.2, 0.25) is 0 Å². The second-order valence-corrected chi connectivity index (χ2v) is 2.56. The van der Waals surface area contributed by atoms with E-state index < -0.39 is 0 Å². The highest BCUT2D eigenvalue weighted by atomic mass is 16.1. The van der Waals surface area contributed by atoms with Crippen molar-refractivity contribution in [3.63, 3.8) is 0 Å². The third kappa shape index (κ3) is 1.18. The first kappa shape index (κ1) is 7.56. The number of carbonyl (C=O) groups excluding carboxylic acids is 1. The summed E-state index contributed by atoms with van der Waals surface area (Å²) in [5.74, 6) is 2.16. The van der Waals surface area contributed by atoms with Crippen molar-refractivity contribution in [2.24, 2.45) is 4.99 Å². The third-order valence-corrected chi connectivity index (χ3v) is 1.77. The van der Waals surface area contributed by atoms with Gasteiger partial charge in [0, 0.05) is 5.56 Å². The molecule has 1 aromatic carbocycles. The number of carbonyl (C=O) groups is 1. The predicted molar refractivity (Wildman–Crippen MR) is 49.0 cm³/mol. The summed E-state index contributed by atoms with van der Waals surface area (Å²) >= 11 is 0. The lowest BCUT2D eigenvalue weighted by atomic mass is 10.1. The van der Waals surface area contributed by atoms with Crippen LogP contribution in [0.1, 0.15) is 15.9 Å². The molecular weight excluding hydrogens is 164 g/mol. The van der Waals surface area contributed by atoms with Crippen LogP contribution in [0, 0.1) is 12.3 Å². The molecule has 2 rings (SSSR count). The molecular formula is C10H5N2O. The Bertz CT molecular complexity index is 441. The minimum absolute atomic E-state index is 0.290. The Kier molecular flexibility index (Phi) is 1.60. The maximum atomic E-state index is 11.2. The van der Waals surface area contributed by atoms with E-state index in [4.69, 9.17) is 6.42 Å². The molecule has 0 fully saturated rings. The second kappa shape index (κ2) is 2.76. The van der Waals surface area contributed by atoms with Crippen molar-refractivity contribution in [2.75, 3.05) is 0 Å². The van der Waals surface area contributed by atoms with E-state index in [0.29, 0.717) is 16.8 Å². The van der Waals surface area contributed by atoms with Crippen molar-refractivity contribution in [3.8, 4) is 12.3 Å². The number of amides is 1. The average molecular weight is 169 g/mol. The number of hydrogen-bond donors (Lipinski definition) is 0. The van der Waals surface area contributed by atoms with Gasteiger partial charge in [0.1, 0.15) is 6.34 Å². The first-order valence-electron chi connectivity index (χ1n) is 3.69. The van der Waals surface area contributed by atoms with Crippen molar-refractivity contribution in [3.05, 3.63) is 29.3 Å². The quantitative estimate of drug-likeness (QED) is 0.536. The maximum Gasteiger partial charge on any atom is 0.280 e. The zero-order valence-corrected chi connectivity index (χ0v) is 6.69. The van der Waals surface area contributed by atoms with Crippen LogP contribution in [0.5, 0.6) is 0 Å². The molecule has 0 N–H and O–H groups in total. The number of benzene rings is 1. The van der Waals surface area contributed by atoms with Crippen molar-refractivity contribution >= 4 is 17.9 Å². The van der Waals surface area contributed by atoms with Crippen molar-refractivity contribution in [1.29, 1.82) is 0 Å². The summed E-state index contributed by atoms with van der Waals surface area (Å²) in [6.45, 7) is 0. The molecule has 13 heavy (non-hydrogen) atoms. The lowest BCUT2D eigenvalue weighted by molar-refractivity contribution is 0.100. The summed E-state index contributed by atoms with van der Waals surface area (Å²) in [4.78, 5) is 14.8. The number of terminal acetylenes is 1. The standard InChI is InChI=1S/C10H5N2O/c1-2-7-3-4-9-8(5-7)10(13)12-6-11-9/h1,3-6H. The first-order chi connectivity index (χ1) is 6.31. The molecule has 1 aliphatic rings. The normalized spacial score (nSPS) is 13.0. The van der Waals surface area contributed by atoms with Gasteiger partial charge < -0.3 is 0 Å². The predicted octanol–water partition coefficient (Wildman–Crippen LogP) is 1.09. The summed E-state index contributed by atoms with van der Waals surface area (Å²) in [7, 11) is 0. The van der Waals surface area contributed by atoms with Gasteiger partial charge in [-0.05, 0) is 18.2 Å². The Morgan fingerprint density at radius 1 is 1.38 bits per heavy atom. The van der Waals surface area contributed by atoms with E-state index in [9.17, 15) is 4.79 Å². The monoisotopic (exact) mass is 169 g/mol. The van der Waals surface area contributed by atoms with Crippen LogP contribution in [-0.2, 0) is 0 Å². The fourth-order valence-corrected chi connectivity index (χ4v) is 1.12. The number of fused-ring (bicyclic) bond motifs is 1. The Morgan fingerprint density at radius 3 is 3.00 bits per heavy atom. The highest BCUT2D eigenvalue weighted by Gasteiger charge is 2.14. The van der Waals surface area contributed by atoms with E-state index in [2.05, 4.69) is 16.2 Å². The first-order valence-corrected chi connectivity index (χ1v) is 3.69. The van der Waals surface area contributed by atoms with Gasteiger partial charge in [0.25, 0.3) is 5.91 Å². The number of rotatable bonds is 0. The van der Waals surface area contributed by atoms with E-state index in [1.807, 2.05) is 0 Å². The molecule has 0 saturated carbocycles. The van der Waals surface area contributed by atoms with Crippen LogP contribution in [0.4, 0.5) is 5.69 Å². The van der Waals surface area contributed by atoms with E-state index in [1.54, 1.807) is 18.2 Å². The molecule has 1 radical (unpaired) electrons. The number of nitrogens with zero attached hydrogens (tertiary/aromatic N) is 2. The fraction of sp³-hybridized carbons (Fsp3) is 0. The molecule has 1 heterocycles. The van der Waals surface area contributed by atoms with Gasteiger partial charge in [-0.2, -0.15) is 4.99 Å². The van der Waals surface area contributed by atoms with Crippen LogP contribution in [0.3, 0.4) is 0 Å². The van der Waals surface area contributed by atoms with Crippen LogP contribution >= 0.6 is 0 Å². The second-order valence-electron chi connectivity index (χ2n) is 2.56. The molecule has 0 aliphatic carbocycles. The maximum absolute atomic E-state index is 11.2. The van der Waals surface area contributed by atoms with Gasteiger partial charge >= 0.3 is 0 Å². The molecule has 1 amide bonds. The Balaban J connectivity index is 2.59. The zero-order valence-electron chi connectivity index (χ0n) is 6.69. The molecule has 1 aliphatic heterocycles. The van der Waals surface area contributed by atoms with Crippen LogP contribution in [0.25, 0.3) is 0 Å². The van der Waals surface area contributed by atoms with Gasteiger partial charge in [-0.3, -0.25) is 4.79 Å². The fourth-order valence-electron chi connectivity index (χ4n) is 1.12. The number of hydrogen-bond acceptors (Lipinski definition) is 1. The molecule has 61 valence electrons. The molecule has 0 spiro atoms. The molecule has 0 bridgehead atoms. The topological polar surface area (TPSA) is 43.5 Å². The lowest BCUT2D eigenvalue weighted by Gasteiger charge is -2.07. The summed E-state index contributed by atoms with van der Waals surface area (Å²) in [6, 6.07) is 5.08. The Labute approximate surface area is 75.5 Å². The lowest BCUT2D eigenvalue weighted by Crippen LogP contribution is -2.10. The third-order valence-electron chi connectivity index (χ3n) is 1.77. The molecule has 0 aromatic heterocycles. The van der Waals surface area contributed by atoms with Crippen LogP contribution in [0.2, 0.25) is 0 Å². The van der Waals surface area contributed by atoms with E-state index in [-0.39, 0.29) is 5.91 Å². The van der Waals surface area contributed by atoms with Crippen molar-refractivity contribution < 1.29 is 4.79 Å². The minimum atomic E-state index is -0.290. The van der Waals surface area contributed by atoms with Crippen LogP contribution in [-0.4, -0.2) is 12.2 Å². The summed E-state index contributed by atoms with van der Waals surface area (Å²) < 4.78 is 0. The summed E-state index contributed by atoms with van der Waals surface area (Å²) in [6.07, 6.45) is 6.45. The summed E-state index contributed by atoms with van der Waals surface area (Å²) in [5, 5.41) is 3.94.